The lowest BCUT2D eigenvalue weighted by atomic mass is 10.1. The minimum absolute atomic E-state index is 0.0966. The van der Waals surface area contributed by atoms with Crippen LogP contribution >= 0.6 is 23.1 Å². The van der Waals surface area contributed by atoms with E-state index in [0.29, 0.717) is 5.56 Å². The summed E-state index contributed by atoms with van der Waals surface area (Å²) in [6.07, 6.45) is 0. The fourth-order valence-corrected chi connectivity index (χ4v) is 3.85. The maximum absolute atomic E-state index is 13.6. The van der Waals surface area contributed by atoms with Gasteiger partial charge in [0.2, 0.25) is 0 Å². The van der Waals surface area contributed by atoms with Gasteiger partial charge in [-0.15, -0.1) is 11.3 Å². The van der Waals surface area contributed by atoms with Gasteiger partial charge in [0.05, 0.1) is 27.6 Å². The van der Waals surface area contributed by atoms with E-state index in [1.807, 2.05) is 30.3 Å². The molecule has 1 heterocycles. The number of rotatable bonds is 5. The number of thiazole rings is 1. The van der Waals surface area contributed by atoms with Crippen molar-refractivity contribution in [3.63, 3.8) is 0 Å². The number of aromatic nitrogens is 1. The summed E-state index contributed by atoms with van der Waals surface area (Å²) >= 11 is 2.80. The summed E-state index contributed by atoms with van der Waals surface area (Å²) in [5.41, 5.74) is 1.41. The third kappa shape index (κ3) is 3.91. The molecule has 0 saturated heterocycles. The van der Waals surface area contributed by atoms with Crippen molar-refractivity contribution in [1.29, 1.82) is 5.26 Å². The summed E-state index contributed by atoms with van der Waals surface area (Å²) in [5, 5.41) is 8.81. The Morgan fingerprint density at radius 1 is 1.33 bits per heavy atom. The maximum Gasteiger partial charge on any atom is 0.316 e. The van der Waals surface area contributed by atoms with Crippen molar-refractivity contribution in [3.8, 4) is 6.07 Å². The summed E-state index contributed by atoms with van der Waals surface area (Å²) in [6.45, 7) is -0.194. The van der Waals surface area contributed by atoms with E-state index in [4.69, 9.17) is 10.00 Å². The monoisotopic (exact) mass is 358 g/mol. The molecule has 7 heteroatoms. The van der Waals surface area contributed by atoms with Crippen LogP contribution in [-0.4, -0.2) is 16.7 Å². The highest BCUT2D eigenvalue weighted by Crippen LogP contribution is 2.29. The summed E-state index contributed by atoms with van der Waals surface area (Å²) < 4.78 is 20.5. The lowest BCUT2D eigenvalue weighted by Gasteiger charge is -2.05. The molecule has 120 valence electrons. The first-order valence-electron chi connectivity index (χ1n) is 6.98. The molecule has 0 radical (unpaired) electrons. The van der Waals surface area contributed by atoms with Crippen LogP contribution in [0.5, 0.6) is 0 Å². The fourth-order valence-electron chi connectivity index (χ4n) is 1.99. The molecule has 24 heavy (non-hydrogen) atoms. The Kier molecular flexibility index (Phi) is 5.08. The molecular formula is C17H11FN2O2S2. The van der Waals surface area contributed by atoms with Gasteiger partial charge in [-0.25, -0.2) is 9.37 Å². The lowest BCUT2D eigenvalue weighted by Crippen LogP contribution is -2.08. The predicted molar refractivity (Wildman–Crippen MR) is 91.3 cm³/mol. The maximum atomic E-state index is 13.6. The van der Waals surface area contributed by atoms with E-state index in [1.165, 1.54) is 41.3 Å². The van der Waals surface area contributed by atoms with Crippen molar-refractivity contribution in [2.45, 2.75) is 10.9 Å². The third-order valence-corrected chi connectivity index (χ3v) is 5.30. The first-order valence-corrected chi connectivity index (χ1v) is 8.78. The summed E-state index contributed by atoms with van der Waals surface area (Å²) in [5.74, 6) is -0.860. The number of para-hydroxylation sites is 1. The van der Waals surface area contributed by atoms with Crippen LogP contribution in [0.4, 0.5) is 4.39 Å². The Balaban J connectivity index is 1.55. The highest BCUT2D eigenvalue weighted by atomic mass is 32.2. The Morgan fingerprint density at radius 3 is 2.96 bits per heavy atom. The molecule has 4 nitrogen and oxygen atoms in total. The second kappa shape index (κ2) is 7.43. The number of nitriles is 1. The molecule has 3 rings (SSSR count). The van der Waals surface area contributed by atoms with Crippen LogP contribution in [0.2, 0.25) is 0 Å². The Morgan fingerprint density at radius 2 is 2.17 bits per heavy atom. The van der Waals surface area contributed by atoms with E-state index >= 15 is 0 Å². The van der Waals surface area contributed by atoms with E-state index < -0.39 is 11.8 Å². The molecule has 2 aromatic carbocycles. The molecule has 0 aliphatic heterocycles. The number of hydrogen-bond acceptors (Lipinski definition) is 6. The normalized spacial score (nSPS) is 10.5. The zero-order valence-electron chi connectivity index (χ0n) is 12.4. The van der Waals surface area contributed by atoms with Crippen molar-refractivity contribution in [1.82, 2.24) is 4.98 Å². The average molecular weight is 358 g/mol. The van der Waals surface area contributed by atoms with Crippen LogP contribution in [0.25, 0.3) is 10.2 Å². The number of esters is 1. The average Bonchev–Trinajstić information content (AvgIpc) is 3.02. The minimum Gasteiger partial charge on any atom is -0.460 e. The zero-order chi connectivity index (χ0) is 16.9. The molecule has 0 atom stereocenters. The van der Waals surface area contributed by atoms with Crippen LogP contribution in [0.3, 0.4) is 0 Å². The standard InChI is InChI=1S/C17H11FN2O2S2/c18-13-6-5-11(8-19)7-12(13)9-22-16(21)10-23-17-20-14-3-1-2-4-15(14)24-17/h1-7H,9-10H2. The minimum atomic E-state index is -0.499. The van der Waals surface area contributed by atoms with E-state index in [2.05, 4.69) is 4.98 Å². The van der Waals surface area contributed by atoms with Crippen LogP contribution in [0, 0.1) is 17.1 Å². The summed E-state index contributed by atoms with van der Waals surface area (Å²) in [7, 11) is 0. The smallest absolute Gasteiger partial charge is 0.316 e. The number of ether oxygens (including phenoxy) is 1. The number of carbonyl (C=O) groups is 1. The van der Waals surface area contributed by atoms with Gasteiger partial charge in [0, 0.05) is 5.56 Å². The molecule has 3 aromatic rings. The molecule has 0 aliphatic carbocycles. The number of hydrogen-bond donors (Lipinski definition) is 0. The lowest BCUT2D eigenvalue weighted by molar-refractivity contribution is -0.141. The number of fused-ring (bicyclic) bond motifs is 1. The van der Waals surface area contributed by atoms with Gasteiger partial charge in [-0.05, 0) is 30.3 Å². The first kappa shape index (κ1) is 16.4. The third-order valence-electron chi connectivity index (χ3n) is 3.15. The fraction of sp³-hybridized carbons (Fsp3) is 0.118. The van der Waals surface area contributed by atoms with Crippen molar-refractivity contribution in [2.24, 2.45) is 0 Å². The number of benzene rings is 2. The Labute approximate surface area is 145 Å². The van der Waals surface area contributed by atoms with Gasteiger partial charge >= 0.3 is 5.97 Å². The van der Waals surface area contributed by atoms with Gasteiger partial charge in [-0.1, -0.05) is 23.9 Å². The predicted octanol–water partition coefficient (Wildman–Crippen LogP) is 4.14. The van der Waals surface area contributed by atoms with Gasteiger partial charge in [-0.3, -0.25) is 4.79 Å². The second-order valence-electron chi connectivity index (χ2n) is 4.81. The number of carbonyl (C=O) groups excluding carboxylic acids is 1. The molecule has 1 aromatic heterocycles. The Bertz CT molecular complexity index is 901. The highest BCUT2D eigenvalue weighted by Gasteiger charge is 2.10. The number of thioether (sulfide) groups is 1. The Hall–Kier alpha value is -2.43. The molecule has 0 saturated carbocycles. The van der Waals surface area contributed by atoms with E-state index in [-0.39, 0.29) is 17.9 Å². The van der Waals surface area contributed by atoms with Crippen molar-refractivity contribution < 1.29 is 13.9 Å². The topological polar surface area (TPSA) is 63.0 Å². The van der Waals surface area contributed by atoms with Gasteiger partial charge in [0.25, 0.3) is 0 Å². The molecule has 0 bridgehead atoms. The molecule has 0 N–H and O–H groups in total. The van der Waals surface area contributed by atoms with Gasteiger partial charge in [-0.2, -0.15) is 5.26 Å². The molecule has 0 unspecified atom stereocenters. The molecule has 0 spiro atoms. The summed E-state index contributed by atoms with van der Waals surface area (Å²) in [4.78, 5) is 16.2. The van der Waals surface area contributed by atoms with Crippen molar-refractivity contribution >= 4 is 39.3 Å². The van der Waals surface area contributed by atoms with Crippen LogP contribution in [0.15, 0.2) is 46.8 Å². The molecule has 0 amide bonds. The molecular weight excluding hydrogens is 347 g/mol. The number of nitrogens with zero attached hydrogens (tertiary/aromatic N) is 2. The van der Waals surface area contributed by atoms with Crippen molar-refractivity contribution in [2.75, 3.05) is 5.75 Å². The largest absolute Gasteiger partial charge is 0.460 e. The van der Waals surface area contributed by atoms with Gasteiger partial charge in [0.15, 0.2) is 4.34 Å². The summed E-state index contributed by atoms with van der Waals surface area (Å²) in [6, 6.07) is 13.6. The van der Waals surface area contributed by atoms with Crippen LogP contribution < -0.4 is 0 Å². The SMILES string of the molecule is N#Cc1ccc(F)c(COC(=O)CSc2nc3ccccc3s2)c1. The van der Waals surface area contributed by atoms with E-state index in [1.54, 1.807) is 0 Å². The quantitative estimate of drug-likeness (QED) is 0.507. The highest BCUT2D eigenvalue weighted by molar-refractivity contribution is 8.01. The zero-order valence-corrected chi connectivity index (χ0v) is 14.0. The second-order valence-corrected chi connectivity index (χ2v) is 7.07. The van der Waals surface area contributed by atoms with Crippen LogP contribution in [-0.2, 0) is 16.1 Å². The molecule has 0 fully saturated rings. The molecule has 0 aliphatic rings. The van der Waals surface area contributed by atoms with Crippen LogP contribution in [0.1, 0.15) is 11.1 Å². The van der Waals surface area contributed by atoms with Gasteiger partial charge < -0.3 is 4.74 Å². The van der Waals surface area contributed by atoms with E-state index in [9.17, 15) is 9.18 Å². The first-order chi connectivity index (χ1) is 11.7. The van der Waals surface area contributed by atoms with Crippen molar-refractivity contribution in [3.05, 3.63) is 59.4 Å². The van der Waals surface area contributed by atoms with Gasteiger partial charge in [0.1, 0.15) is 12.4 Å². The number of halogens is 1. The van der Waals surface area contributed by atoms with E-state index in [0.717, 1.165) is 14.6 Å².